The summed E-state index contributed by atoms with van der Waals surface area (Å²) < 4.78 is 63.5. The molecule has 20 heteroatoms. The van der Waals surface area contributed by atoms with E-state index >= 15 is 0 Å². The highest BCUT2D eigenvalue weighted by atomic mass is 35.5. The lowest BCUT2D eigenvalue weighted by Gasteiger charge is -2.39. The monoisotopic (exact) mass is 1000 g/mol. The van der Waals surface area contributed by atoms with Crippen LogP contribution in [0.15, 0.2) is 99.4 Å². The number of H-pyrrole nitrogens is 1. The number of halogens is 1. The van der Waals surface area contributed by atoms with Crippen LogP contribution in [-0.2, 0) is 35.9 Å². The van der Waals surface area contributed by atoms with Gasteiger partial charge in [-0.05, 0) is 97.7 Å². The molecule has 1 aliphatic carbocycles. The number of allylic oxidation sites excluding steroid dienone is 1. The van der Waals surface area contributed by atoms with Crippen LogP contribution in [0.4, 0.5) is 11.4 Å². The number of pyridine rings is 1. The number of amides is 1. The van der Waals surface area contributed by atoms with Gasteiger partial charge in [0.2, 0.25) is 0 Å². The minimum atomic E-state index is -4.60. The average Bonchev–Trinajstić information content (AvgIpc) is 3.75. The molecular weight excluding hydrogens is 948 g/mol. The highest BCUT2D eigenvalue weighted by Gasteiger charge is 2.31. The molecule has 2 fully saturated rings. The number of ether oxygens (including phenoxy) is 1. The van der Waals surface area contributed by atoms with Gasteiger partial charge in [-0.2, -0.15) is 0 Å². The third-order valence-corrected chi connectivity index (χ3v) is 18.7. The van der Waals surface area contributed by atoms with Crippen molar-refractivity contribution < 1.29 is 31.3 Å². The quantitative estimate of drug-likeness (QED) is 0.0587. The van der Waals surface area contributed by atoms with Gasteiger partial charge in [-0.1, -0.05) is 55.1 Å². The lowest BCUT2D eigenvalue weighted by atomic mass is 9.72. The number of nitro benzene ring substituents is 1. The van der Waals surface area contributed by atoms with Crippen molar-refractivity contribution in [3.05, 3.63) is 123 Å². The summed E-state index contributed by atoms with van der Waals surface area (Å²) in [6, 6.07) is 20.4. The standard InChI is InChI=1S/C48H57ClN8O8S3/c1-48(2)17-15-37(43(31-48)34-7-10-38(49)11-8-34)33-55-20-22-56(23-21-55)39-12-14-42(45(29-39)65-40-28-36-16-18-50-46(36)51-32-40)47(58)52-68(63,64)41-13-9-35(44(30-41)57(59)60)6-5-19-54-24-26-66(3,27-25-54)53-67(4,61)62/h7-14,16,18,28-30,32H,3,5-6,15,17,19-27,31,33H2,1-2,4H3,(H,50,51)(H,52,58). The predicted octanol–water partition coefficient (Wildman–Crippen LogP) is 7.80. The van der Waals surface area contributed by atoms with Gasteiger partial charge in [0.15, 0.2) is 0 Å². The number of nitrogens with one attached hydrogen (secondary N) is 2. The number of benzene rings is 3. The lowest BCUT2D eigenvalue weighted by Crippen LogP contribution is -2.47. The number of nitro groups is 1. The Morgan fingerprint density at radius 1 is 0.985 bits per heavy atom. The Morgan fingerprint density at radius 2 is 1.72 bits per heavy atom. The van der Waals surface area contributed by atoms with Crippen LogP contribution >= 0.6 is 11.6 Å². The molecule has 3 aromatic carbocycles. The Hall–Kier alpha value is -5.31. The Morgan fingerprint density at radius 3 is 2.43 bits per heavy atom. The van der Waals surface area contributed by atoms with Crippen molar-refractivity contribution >= 4 is 80.8 Å². The SMILES string of the molecule is C=S1(=NS(C)(=O)=O)CCN(CCCc2ccc(S(=O)(=O)NC(=O)c3ccc(N4CCN(CC5=C(c6ccc(Cl)cc6)CC(C)(C)CC5)CC4)cc3Oc3cnc4[nH]ccc4c3)cc2[N+](=O)[O-])CC1. The number of hydrogen-bond donors (Lipinski definition) is 2. The van der Waals surface area contributed by atoms with Gasteiger partial charge in [-0.15, -0.1) is 13.2 Å². The largest absolute Gasteiger partial charge is 0.455 e. The van der Waals surface area contributed by atoms with Gasteiger partial charge in [-0.3, -0.25) is 19.8 Å². The van der Waals surface area contributed by atoms with Crippen LogP contribution in [-0.4, -0.2) is 123 Å². The summed E-state index contributed by atoms with van der Waals surface area (Å²) in [6.07, 6.45) is 8.33. The molecule has 0 atom stereocenters. The van der Waals surface area contributed by atoms with Crippen molar-refractivity contribution in [1.29, 1.82) is 0 Å². The van der Waals surface area contributed by atoms with E-state index in [1.54, 1.807) is 24.4 Å². The van der Waals surface area contributed by atoms with E-state index in [0.717, 1.165) is 67.3 Å². The fourth-order valence-electron chi connectivity index (χ4n) is 9.20. The number of carbonyl (C=O) groups is 1. The molecule has 2 N–H and O–H groups in total. The van der Waals surface area contributed by atoms with Crippen LogP contribution in [0.2, 0.25) is 5.02 Å². The maximum absolute atomic E-state index is 14.0. The summed E-state index contributed by atoms with van der Waals surface area (Å²) in [4.78, 5) is 39.5. The predicted molar refractivity (Wildman–Crippen MR) is 271 cm³/mol. The summed E-state index contributed by atoms with van der Waals surface area (Å²) in [7, 11) is -9.97. The van der Waals surface area contributed by atoms with Crippen molar-refractivity contribution in [1.82, 2.24) is 24.5 Å². The van der Waals surface area contributed by atoms with E-state index in [-0.39, 0.29) is 22.4 Å². The fourth-order valence-corrected chi connectivity index (χ4v) is 14.6. The number of piperazine rings is 1. The third kappa shape index (κ3) is 12.1. The van der Waals surface area contributed by atoms with Gasteiger partial charge in [-0.25, -0.2) is 26.5 Å². The molecule has 2 saturated heterocycles. The highest BCUT2D eigenvalue weighted by Crippen LogP contribution is 2.43. The topological polar surface area (TPSA) is 201 Å². The van der Waals surface area contributed by atoms with Crippen LogP contribution in [0, 0.1) is 15.5 Å². The molecule has 0 radical (unpaired) electrons. The Kier molecular flexibility index (Phi) is 14.4. The number of anilines is 1. The van der Waals surface area contributed by atoms with Gasteiger partial charge in [0, 0.05) is 97.3 Å². The van der Waals surface area contributed by atoms with E-state index < -0.39 is 45.2 Å². The first-order chi connectivity index (χ1) is 32.2. The number of rotatable bonds is 15. The van der Waals surface area contributed by atoms with E-state index in [9.17, 15) is 31.7 Å². The van der Waals surface area contributed by atoms with Crippen molar-refractivity contribution in [2.45, 2.75) is 50.8 Å². The molecular formula is C48H57ClN8O8S3. The van der Waals surface area contributed by atoms with Crippen molar-refractivity contribution in [2.75, 3.05) is 75.0 Å². The number of nitrogens with zero attached hydrogens (tertiary/aromatic N) is 6. The van der Waals surface area contributed by atoms with Crippen LogP contribution < -0.4 is 14.4 Å². The summed E-state index contributed by atoms with van der Waals surface area (Å²) in [6.45, 7) is 10.4. The Bertz CT molecular complexity index is 3110. The molecule has 0 bridgehead atoms. The first-order valence-corrected chi connectivity index (χ1v) is 28.3. The minimum absolute atomic E-state index is 0.0569. The number of aromatic amines is 1. The van der Waals surface area contributed by atoms with Crippen LogP contribution in [0.3, 0.4) is 0 Å². The number of hydrogen-bond acceptors (Lipinski definition) is 12. The van der Waals surface area contributed by atoms with Crippen LogP contribution in [0.1, 0.15) is 61.0 Å². The van der Waals surface area contributed by atoms with Crippen molar-refractivity contribution in [3.8, 4) is 11.5 Å². The molecule has 8 rings (SSSR count). The number of aromatic nitrogens is 2. The zero-order valence-corrected chi connectivity index (χ0v) is 41.7. The van der Waals surface area contributed by atoms with Gasteiger partial charge in [0.25, 0.3) is 31.6 Å². The third-order valence-electron chi connectivity index (χ3n) is 12.9. The van der Waals surface area contributed by atoms with E-state index in [1.807, 2.05) is 18.2 Å². The molecule has 0 saturated carbocycles. The molecule has 1 amide bonds. The molecule has 16 nitrogen and oxygen atoms in total. The molecule has 2 aliphatic heterocycles. The summed E-state index contributed by atoms with van der Waals surface area (Å²) in [5.41, 5.74) is 5.64. The van der Waals surface area contributed by atoms with E-state index in [0.29, 0.717) is 74.0 Å². The summed E-state index contributed by atoms with van der Waals surface area (Å²) in [5, 5.41) is 13.8. The smallest absolute Gasteiger partial charge is 0.273 e. The first-order valence-electron chi connectivity index (χ1n) is 22.5. The average molecular weight is 1010 g/mol. The second-order valence-electron chi connectivity index (χ2n) is 18.7. The first kappa shape index (κ1) is 49.1. The molecule has 2 aromatic heterocycles. The Balaban J connectivity index is 0.963. The maximum atomic E-state index is 14.0. The van der Waals surface area contributed by atoms with Crippen molar-refractivity contribution in [2.24, 2.45) is 9.18 Å². The summed E-state index contributed by atoms with van der Waals surface area (Å²) in [5.74, 6) is 4.65. The maximum Gasteiger partial charge on any atom is 0.273 e. The molecule has 0 unspecified atom stereocenters. The molecule has 4 heterocycles. The van der Waals surface area contributed by atoms with Crippen molar-refractivity contribution in [3.63, 3.8) is 0 Å². The molecule has 68 heavy (non-hydrogen) atoms. The number of fused-ring (bicyclic) bond motifs is 1. The van der Waals surface area contributed by atoms with Gasteiger partial charge in [0.05, 0.1) is 27.8 Å². The Labute approximate surface area is 403 Å². The molecule has 3 aliphatic rings. The second kappa shape index (κ2) is 20.0. The van der Waals surface area contributed by atoms with E-state index in [2.05, 4.69) is 65.0 Å². The lowest BCUT2D eigenvalue weighted by molar-refractivity contribution is -0.385. The second-order valence-corrected chi connectivity index (χ2v) is 25.7. The molecule has 0 spiro atoms. The summed E-state index contributed by atoms with van der Waals surface area (Å²) >= 11 is 6.25. The number of carbonyl (C=O) groups excluding carboxylic acids is 1. The number of aryl methyl sites for hydroxylation is 1. The van der Waals surface area contributed by atoms with Crippen LogP contribution in [0.25, 0.3) is 16.6 Å². The minimum Gasteiger partial charge on any atom is -0.455 e. The van der Waals surface area contributed by atoms with Gasteiger partial charge in [0.1, 0.15) is 17.1 Å². The van der Waals surface area contributed by atoms with E-state index in [4.69, 9.17) is 16.3 Å². The fraction of sp³-hybridized carbons (Fsp3) is 0.396. The normalized spacial score (nSPS) is 18.1. The van der Waals surface area contributed by atoms with Gasteiger partial charge >= 0.3 is 0 Å². The highest BCUT2D eigenvalue weighted by molar-refractivity contribution is 8.08. The van der Waals surface area contributed by atoms with Crippen LogP contribution in [0.5, 0.6) is 11.5 Å². The zero-order valence-electron chi connectivity index (χ0n) is 38.4. The van der Waals surface area contributed by atoms with E-state index in [1.165, 1.54) is 41.1 Å². The molecule has 362 valence electrons. The zero-order chi connectivity index (χ0) is 48.4. The molecule has 5 aromatic rings. The number of sulfonamides is 2. The van der Waals surface area contributed by atoms with Gasteiger partial charge < -0.3 is 19.5 Å².